The number of carbonyl (C=O) groups excluding carboxylic acids is 1. The molecule has 0 N–H and O–H groups in total. The fraction of sp³-hybridized carbons (Fsp3) is 0.409. The third-order valence-electron chi connectivity index (χ3n) is 5.34. The number of rotatable bonds is 6. The highest BCUT2D eigenvalue weighted by Crippen LogP contribution is 2.32. The number of amides is 1. The second kappa shape index (κ2) is 9.02. The maximum absolute atomic E-state index is 13.0. The molecule has 30 heavy (non-hydrogen) atoms. The van der Waals surface area contributed by atoms with E-state index in [1.807, 2.05) is 36.1 Å². The molecule has 1 fully saturated rings. The van der Waals surface area contributed by atoms with Crippen molar-refractivity contribution in [2.45, 2.75) is 45.1 Å². The molecule has 8 nitrogen and oxygen atoms in total. The lowest BCUT2D eigenvalue weighted by atomic mass is 10.0. The van der Waals surface area contributed by atoms with Crippen molar-refractivity contribution >= 4 is 5.91 Å². The van der Waals surface area contributed by atoms with Crippen molar-refractivity contribution in [1.29, 1.82) is 0 Å². The standard InChI is InChI=1S/C22H25N5O3/c1-15-13-24-18(14-23-15)21-25-26-22(30-21)19-5-3-4-12-27(19)20(28)11-8-16-6-9-17(29-2)10-7-16/h6-7,9-10,13-14,19H,3-5,8,11-12H2,1-2H3/t19-/m0/s1. The lowest BCUT2D eigenvalue weighted by Gasteiger charge is -2.33. The first-order valence-corrected chi connectivity index (χ1v) is 10.2. The zero-order valence-electron chi connectivity index (χ0n) is 17.2. The van der Waals surface area contributed by atoms with Crippen LogP contribution in [0, 0.1) is 6.92 Å². The highest BCUT2D eigenvalue weighted by Gasteiger charge is 2.32. The number of ether oxygens (including phenoxy) is 1. The van der Waals surface area contributed by atoms with E-state index in [1.54, 1.807) is 19.5 Å². The van der Waals surface area contributed by atoms with Gasteiger partial charge in [-0.05, 0) is 50.3 Å². The SMILES string of the molecule is COc1ccc(CCC(=O)N2CCCC[C@H]2c2nnc(-c3cnc(C)cn3)o2)cc1. The molecule has 4 rings (SSSR count). The number of carbonyl (C=O) groups is 1. The quantitative estimate of drug-likeness (QED) is 0.617. The van der Waals surface area contributed by atoms with Crippen molar-refractivity contribution < 1.29 is 13.9 Å². The summed E-state index contributed by atoms with van der Waals surface area (Å²) in [5.74, 6) is 1.70. The second-order valence-corrected chi connectivity index (χ2v) is 7.44. The molecule has 1 aliphatic heterocycles. The van der Waals surface area contributed by atoms with Gasteiger partial charge < -0.3 is 14.1 Å². The molecule has 0 unspecified atom stereocenters. The number of hydrogen-bond acceptors (Lipinski definition) is 7. The van der Waals surface area contributed by atoms with Gasteiger partial charge in [0.1, 0.15) is 17.5 Å². The molecule has 0 radical (unpaired) electrons. The van der Waals surface area contributed by atoms with E-state index in [4.69, 9.17) is 9.15 Å². The Kier molecular flexibility index (Phi) is 6.02. The predicted octanol–water partition coefficient (Wildman–Crippen LogP) is 3.53. The van der Waals surface area contributed by atoms with Gasteiger partial charge in [0.15, 0.2) is 0 Å². The molecule has 1 amide bonds. The van der Waals surface area contributed by atoms with Gasteiger partial charge >= 0.3 is 0 Å². The Hall–Kier alpha value is -3.29. The number of benzene rings is 1. The Labute approximate surface area is 175 Å². The largest absolute Gasteiger partial charge is 0.497 e. The van der Waals surface area contributed by atoms with Gasteiger partial charge in [-0.25, -0.2) is 4.98 Å². The molecule has 3 aromatic rings. The monoisotopic (exact) mass is 407 g/mol. The first-order valence-electron chi connectivity index (χ1n) is 10.2. The van der Waals surface area contributed by atoms with Crippen LogP contribution in [0.2, 0.25) is 0 Å². The van der Waals surface area contributed by atoms with Crippen LogP contribution in [-0.2, 0) is 11.2 Å². The average Bonchev–Trinajstić information content (AvgIpc) is 3.28. The summed E-state index contributed by atoms with van der Waals surface area (Å²) in [4.78, 5) is 23.4. The van der Waals surface area contributed by atoms with Crippen LogP contribution in [0.5, 0.6) is 5.75 Å². The van der Waals surface area contributed by atoms with E-state index in [9.17, 15) is 4.79 Å². The zero-order chi connectivity index (χ0) is 20.9. The molecular weight excluding hydrogens is 382 g/mol. The van der Waals surface area contributed by atoms with Gasteiger partial charge in [0, 0.05) is 19.2 Å². The molecule has 1 aliphatic rings. The molecule has 1 aromatic carbocycles. The number of methoxy groups -OCH3 is 1. The summed E-state index contributed by atoms with van der Waals surface area (Å²) in [5.41, 5.74) is 2.46. The van der Waals surface area contributed by atoms with Crippen molar-refractivity contribution in [2.24, 2.45) is 0 Å². The number of hydrogen-bond donors (Lipinski definition) is 0. The zero-order valence-corrected chi connectivity index (χ0v) is 17.2. The molecule has 0 saturated carbocycles. The molecule has 0 aliphatic carbocycles. The topological polar surface area (TPSA) is 94.2 Å². The van der Waals surface area contributed by atoms with Gasteiger partial charge in [-0.2, -0.15) is 0 Å². The van der Waals surface area contributed by atoms with E-state index in [0.29, 0.717) is 36.9 Å². The maximum atomic E-state index is 13.0. The van der Waals surface area contributed by atoms with Gasteiger partial charge in [-0.15, -0.1) is 10.2 Å². The number of aryl methyl sites for hydroxylation is 2. The predicted molar refractivity (Wildman–Crippen MR) is 110 cm³/mol. The Morgan fingerprint density at radius 1 is 1.17 bits per heavy atom. The van der Waals surface area contributed by atoms with E-state index < -0.39 is 0 Å². The summed E-state index contributed by atoms with van der Waals surface area (Å²) in [6, 6.07) is 7.62. The van der Waals surface area contributed by atoms with E-state index in [1.165, 1.54) is 0 Å². The Morgan fingerprint density at radius 2 is 2.00 bits per heavy atom. The summed E-state index contributed by atoms with van der Waals surface area (Å²) in [6.07, 6.45) is 7.22. The van der Waals surface area contributed by atoms with Gasteiger partial charge in [0.25, 0.3) is 5.89 Å². The highest BCUT2D eigenvalue weighted by molar-refractivity contribution is 5.77. The van der Waals surface area contributed by atoms with Crippen molar-refractivity contribution in [3.05, 3.63) is 53.8 Å². The summed E-state index contributed by atoms with van der Waals surface area (Å²) in [5, 5.41) is 8.34. The highest BCUT2D eigenvalue weighted by atomic mass is 16.5. The maximum Gasteiger partial charge on any atom is 0.267 e. The van der Waals surface area contributed by atoms with Crippen LogP contribution < -0.4 is 4.74 Å². The Balaban J connectivity index is 1.44. The second-order valence-electron chi connectivity index (χ2n) is 7.44. The van der Waals surface area contributed by atoms with E-state index >= 15 is 0 Å². The molecule has 0 bridgehead atoms. The van der Waals surface area contributed by atoms with Gasteiger partial charge in [-0.3, -0.25) is 9.78 Å². The van der Waals surface area contributed by atoms with Crippen LogP contribution in [0.1, 0.15) is 48.9 Å². The summed E-state index contributed by atoms with van der Waals surface area (Å²) in [7, 11) is 1.64. The molecule has 1 saturated heterocycles. The van der Waals surface area contributed by atoms with Crippen molar-refractivity contribution in [3.63, 3.8) is 0 Å². The lowest BCUT2D eigenvalue weighted by Crippen LogP contribution is -2.38. The van der Waals surface area contributed by atoms with Crippen LogP contribution in [0.3, 0.4) is 0 Å². The lowest BCUT2D eigenvalue weighted by molar-refractivity contribution is -0.135. The van der Waals surface area contributed by atoms with Crippen molar-refractivity contribution in [1.82, 2.24) is 25.1 Å². The third-order valence-corrected chi connectivity index (χ3v) is 5.34. The first kappa shape index (κ1) is 20.0. The molecule has 156 valence electrons. The van der Waals surface area contributed by atoms with E-state index in [0.717, 1.165) is 36.3 Å². The van der Waals surface area contributed by atoms with Crippen molar-refractivity contribution in [3.8, 4) is 17.3 Å². The van der Waals surface area contributed by atoms with Gasteiger partial charge in [0.05, 0.1) is 19.0 Å². The van der Waals surface area contributed by atoms with Gasteiger partial charge in [-0.1, -0.05) is 12.1 Å². The van der Waals surface area contributed by atoms with Crippen LogP contribution in [-0.4, -0.2) is 44.6 Å². The van der Waals surface area contributed by atoms with Crippen LogP contribution >= 0.6 is 0 Å². The van der Waals surface area contributed by atoms with Crippen LogP contribution in [0.25, 0.3) is 11.6 Å². The van der Waals surface area contributed by atoms with E-state index in [-0.39, 0.29) is 11.9 Å². The summed E-state index contributed by atoms with van der Waals surface area (Å²) < 4.78 is 11.1. The fourth-order valence-electron chi connectivity index (χ4n) is 3.65. The number of likely N-dealkylation sites (tertiary alicyclic amines) is 1. The van der Waals surface area contributed by atoms with Gasteiger partial charge in [0.2, 0.25) is 11.8 Å². The Bertz CT molecular complexity index is 985. The molecular formula is C22H25N5O3. The number of aromatic nitrogens is 4. The molecule has 8 heteroatoms. The van der Waals surface area contributed by atoms with E-state index in [2.05, 4.69) is 20.2 Å². The Morgan fingerprint density at radius 3 is 2.73 bits per heavy atom. The first-order chi connectivity index (χ1) is 14.6. The number of nitrogens with zero attached hydrogens (tertiary/aromatic N) is 5. The minimum Gasteiger partial charge on any atom is -0.497 e. The molecule has 1 atom stereocenters. The minimum atomic E-state index is -0.193. The van der Waals surface area contributed by atoms with Crippen molar-refractivity contribution in [2.75, 3.05) is 13.7 Å². The smallest absolute Gasteiger partial charge is 0.267 e. The summed E-state index contributed by atoms with van der Waals surface area (Å²) in [6.45, 7) is 2.57. The molecule has 2 aromatic heterocycles. The normalized spacial score (nSPS) is 16.5. The fourth-order valence-corrected chi connectivity index (χ4v) is 3.65. The molecule has 0 spiro atoms. The third kappa shape index (κ3) is 4.48. The molecule has 3 heterocycles. The summed E-state index contributed by atoms with van der Waals surface area (Å²) >= 11 is 0. The average molecular weight is 407 g/mol. The van der Waals surface area contributed by atoms with Crippen LogP contribution in [0.4, 0.5) is 0 Å². The van der Waals surface area contributed by atoms with Crippen LogP contribution in [0.15, 0.2) is 41.1 Å². The minimum absolute atomic E-state index is 0.102. The number of piperidine rings is 1.